The standard InChI is InChI=1S/C30H48O3/c1-19(10-9-15-26(2,3)33)25-22(31)18-30(8)21-11-12-23-27(4,5)24(32)14-16-28(23,6)20(21)13-17-29(25,30)7/h9,11,15,19-20,22-23,25,31,33H,10,12-14,16-18H2,1-8H3/b15-9+. The quantitative estimate of drug-likeness (QED) is 0.476. The highest BCUT2D eigenvalue weighted by Gasteiger charge is 2.67. The highest BCUT2D eigenvalue weighted by molar-refractivity contribution is 5.85. The summed E-state index contributed by atoms with van der Waals surface area (Å²) in [4.78, 5) is 12.8. The zero-order chi connectivity index (χ0) is 24.6. The van der Waals surface area contributed by atoms with Crippen LogP contribution in [0.25, 0.3) is 0 Å². The fourth-order valence-corrected chi connectivity index (χ4v) is 9.35. The van der Waals surface area contributed by atoms with Crippen LogP contribution in [0.2, 0.25) is 0 Å². The normalized spacial score (nSPS) is 45.9. The van der Waals surface area contributed by atoms with Gasteiger partial charge in [0, 0.05) is 11.8 Å². The van der Waals surface area contributed by atoms with E-state index in [4.69, 9.17) is 0 Å². The van der Waals surface area contributed by atoms with E-state index in [-0.39, 0.29) is 33.7 Å². The molecule has 4 aliphatic carbocycles. The first-order valence-electron chi connectivity index (χ1n) is 13.4. The molecule has 3 heteroatoms. The van der Waals surface area contributed by atoms with E-state index in [9.17, 15) is 15.0 Å². The first-order chi connectivity index (χ1) is 15.1. The zero-order valence-electron chi connectivity index (χ0n) is 22.4. The van der Waals surface area contributed by atoms with Crippen LogP contribution in [0.4, 0.5) is 0 Å². The summed E-state index contributed by atoms with van der Waals surface area (Å²) >= 11 is 0. The molecule has 0 radical (unpaired) electrons. The minimum atomic E-state index is -0.793. The van der Waals surface area contributed by atoms with Gasteiger partial charge in [0.05, 0.1) is 11.7 Å². The van der Waals surface area contributed by atoms with Crippen LogP contribution >= 0.6 is 0 Å². The van der Waals surface area contributed by atoms with E-state index in [1.807, 2.05) is 19.9 Å². The zero-order valence-corrected chi connectivity index (χ0v) is 22.4. The number of Topliss-reactive ketones (excluding diaryl/α,β-unsaturated/α-hetero) is 1. The largest absolute Gasteiger partial charge is 0.393 e. The Morgan fingerprint density at radius 1 is 1.18 bits per heavy atom. The van der Waals surface area contributed by atoms with Crippen LogP contribution in [0.5, 0.6) is 0 Å². The summed E-state index contributed by atoms with van der Waals surface area (Å²) in [6, 6.07) is 0. The van der Waals surface area contributed by atoms with Gasteiger partial charge in [0.1, 0.15) is 5.78 Å². The number of aliphatic hydroxyl groups excluding tert-OH is 1. The Morgan fingerprint density at radius 2 is 1.85 bits per heavy atom. The van der Waals surface area contributed by atoms with Crippen LogP contribution < -0.4 is 0 Å². The van der Waals surface area contributed by atoms with Gasteiger partial charge in [-0.05, 0) is 92.3 Å². The number of hydrogen-bond donors (Lipinski definition) is 2. The molecular weight excluding hydrogens is 408 g/mol. The number of hydrogen-bond acceptors (Lipinski definition) is 3. The molecular formula is C30H48O3. The van der Waals surface area contributed by atoms with Gasteiger partial charge in [-0.25, -0.2) is 0 Å². The summed E-state index contributed by atoms with van der Waals surface area (Å²) in [5.41, 5.74) is 0.818. The van der Waals surface area contributed by atoms with Gasteiger partial charge >= 0.3 is 0 Å². The van der Waals surface area contributed by atoms with Crippen LogP contribution in [-0.4, -0.2) is 27.7 Å². The molecule has 0 heterocycles. The summed E-state index contributed by atoms with van der Waals surface area (Å²) in [5.74, 6) is 2.00. The molecule has 0 amide bonds. The number of ketones is 1. The molecule has 3 saturated carbocycles. The van der Waals surface area contributed by atoms with E-state index in [2.05, 4.69) is 53.7 Å². The third kappa shape index (κ3) is 3.63. The van der Waals surface area contributed by atoms with Crippen LogP contribution in [0.3, 0.4) is 0 Å². The SMILES string of the molecule is CC(C/C=C/C(C)(C)O)C1C(O)CC2(C)C3=CCC4C(C)(C)C(=O)CCC4(C)C3CCC12C. The molecule has 0 aromatic heterocycles. The molecule has 33 heavy (non-hydrogen) atoms. The predicted molar refractivity (Wildman–Crippen MR) is 135 cm³/mol. The molecule has 0 aromatic carbocycles. The van der Waals surface area contributed by atoms with Crippen molar-refractivity contribution in [3.63, 3.8) is 0 Å². The van der Waals surface area contributed by atoms with E-state index >= 15 is 0 Å². The number of fused-ring (bicyclic) bond motifs is 5. The summed E-state index contributed by atoms with van der Waals surface area (Å²) in [6.07, 6.45) is 13.0. The molecule has 8 unspecified atom stereocenters. The van der Waals surface area contributed by atoms with Gasteiger partial charge < -0.3 is 10.2 Å². The molecule has 3 fully saturated rings. The van der Waals surface area contributed by atoms with Crippen molar-refractivity contribution in [2.45, 2.75) is 112 Å². The Balaban J connectivity index is 1.66. The van der Waals surface area contributed by atoms with Crippen molar-refractivity contribution >= 4 is 5.78 Å². The fourth-order valence-electron chi connectivity index (χ4n) is 9.35. The van der Waals surface area contributed by atoms with Gasteiger partial charge in [-0.3, -0.25) is 4.79 Å². The maximum atomic E-state index is 12.8. The number of carbonyl (C=O) groups is 1. The third-order valence-corrected chi connectivity index (χ3v) is 11.3. The Labute approximate surface area is 202 Å². The van der Waals surface area contributed by atoms with Gasteiger partial charge in [-0.1, -0.05) is 65.3 Å². The lowest BCUT2D eigenvalue weighted by Gasteiger charge is -2.63. The second-order valence-electron chi connectivity index (χ2n) is 14.0. The van der Waals surface area contributed by atoms with Crippen LogP contribution in [0.1, 0.15) is 100 Å². The maximum absolute atomic E-state index is 12.8. The van der Waals surface area contributed by atoms with Crippen LogP contribution in [0, 0.1) is 45.3 Å². The van der Waals surface area contributed by atoms with Crippen molar-refractivity contribution in [2.75, 3.05) is 0 Å². The molecule has 0 saturated heterocycles. The van der Waals surface area contributed by atoms with E-state index < -0.39 is 5.60 Å². The molecule has 0 aliphatic heterocycles. The van der Waals surface area contributed by atoms with Crippen LogP contribution in [-0.2, 0) is 4.79 Å². The Bertz CT molecular complexity index is 860. The van der Waals surface area contributed by atoms with Gasteiger partial charge in [-0.15, -0.1) is 0 Å². The molecule has 4 aliphatic rings. The number of aliphatic hydroxyl groups is 2. The van der Waals surface area contributed by atoms with Gasteiger partial charge in [0.2, 0.25) is 0 Å². The molecule has 186 valence electrons. The van der Waals surface area contributed by atoms with Crippen molar-refractivity contribution in [1.29, 1.82) is 0 Å². The van der Waals surface area contributed by atoms with Crippen molar-refractivity contribution < 1.29 is 15.0 Å². The lowest BCUT2D eigenvalue weighted by Crippen LogP contribution is -2.57. The van der Waals surface area contributed by atoms with E-state index in [0.29, 0.717) is 30.0 Å². The lowest BCUT2D eigenvalue weighted by molar-refractivity contribution is -0.146. The molecule has 0 aromatic rings. The minimum Gasteiger partial charge on any atom is -0.393 e. The molecule has 8 atom stereocenters. The van der Waals surface area contributed by atoms with Crippen molar-refractivity contribution in [3.8, 4) is 0 Å². The monoisotopic (exact) mass is 456 g/mol. The van der Waals surface area contributed by atoms with Crippen molar-refractivity contribution in [3.05, 3.63) is 23.8 Å². The smallest absolute Gasteiger partial charge is 0.138 e. The summed E-state index contributed by atoms with van der Waals surface area (Å²) in [5, 5.41) is 21.5. The molecule has 3 nitrogen and oxygen atoms in total. The van der Waals surface area contributed by atoms with Crippen LogP contribution in [0.15, 0.2) is 23.8 Å². The molecule has 0 spiro atoms. The van der Waals surface area contributed by atoms with Gasteiger partial charge in [0.25, 0.3) is 0 Å². The van der Waals surface area contributed by atoms with Gasteiger partial charge in [-0.2, -0.15) is 0 Å². The first kappa shape index (κ1) is 25.2. The predicted octanol–water partition coefficient (Wildman–Crippen LogP) is 6.48. The average Bonchev–Trinajstić information content (AvgIpc) is 2.89. The van der Waals surface area contributed by atoms with E-state index in [1.54, 1.807) is 5.57 Å². The molecule has 0 bridgehead atoms. The number of allylic oxidation sites excluding steroid dienone is 3. The lowest BCUT2D eigenvalue weighted by atomic mass is 9.41. The van der Waals surface area contributed by atoms with E-state index in [1.165, 1.54) is 6.42 Å². The average molecular weight is 457 g/mol. The van der Waals surface area contributed by atoms with Crippen molar-refractivity contribution in [2.24, 2.45) is 45.3 Å². The van der Waals surface area contributed by atoms with Gasteiger partial charge in [0.15, 0.2) is 0 Å². The Hall–Kier alpha value is -0.930. The third-order valence-electron chi connectivity index (χ3n) is 11.3. The minimum absolute atomic E-state index is 0.00774. The highest BCUT2D eigenvalue weighted by Crippen LogP contribution is 2.73. The second kappa shape index (κ2) is 7.79. The summed E-state index contributed by atoms with van der Waals surface area (Å²) < 4.78 is 0. The first-order valence-corrected chi connectivity index (χ1v) is 13.4. The topological polar surface area (TPSA) is 57.5 Å². The molecule has 4 rings (SSSR count). The fraction of sp³-hybridized carbons (Fsp3) is 0.833. The number of carbonyl (C=O) groups excluding carboxylic acids is 1. The van der Waals surface area contributed by atoms with Crippen molar-refractivity contribution in [1.82, 2.24) is 0 Å². The number of rotatable bonds is 4. The van der Waals surface area contributed by atoms with E-state index in [0.717, 1.165) is 32.1 Å². The summed E-state index contributed by atoms with van der Waals surface area (Å²) in [7, 11) is 0. The molecule has 2 N–H and O–H groups in total. The maximum Gasteiger partial charge on any atom is 0.138 e. The Morgan fingerprint density at radius 3 is 2.48 bits per heavy atom. The highest BCUT2D eigenvalue weighted by atomic mass is 16.3. The summed E-state index contributed by atoms with van der Waals surface area (Å²) in [6.45, 7) is 17.6. The second-order valence-corrected chi connectivity index (χ2v) is 14.0. The Kier molecular flexibility index (Phi) is 5.94.